The summed E-state index contributed by atoms with van der Waals surface area (Å²) in [6, 6.07) is 5.83. The number of fused-ring (bicyclic) bond motifs is 1. The largest absolute Gasteiger partial charge is 0.341 e. The highest BCUT2D eigenvalue weighted by molar-refractivity contribution is 7.92. The van der Waals surface area contributed by atoms with Gasteiger partial charge in [-0.25, -0.2) is 18.1 Å². The number of sulfonamides is 1. The fourth-order valence-corrected chi connectivity index (χ4v) is 3.12. The number of hydrogen-bond donors (Lipinski definition) is 2. The van der Waals surface area contributed by atoms with Crippen LogP contribution < -0.4 is 4.72 Å². The van der Waals surface area contributed by atoms with Gasteiger partial charge in [0, 0.05) is 5.02 Å². The second-order valence-electron chi connectivity index (χ2n) is 4.00. The molecule has 0 amide bonds. The molecule has 10 heteroatoms. The average Bonchev–Trinajstić information content (AvgIpc) is 2.87. The first kappa shape index (κ1) is 14.1. The maximum absolute atomic E-state index is 12.2. The fraction of sp³-hybridized carbons (Fsp3) is 0. The Balaban J connectivity index is 2.01. The smallest absolute Gasteiger partial charge is 0.264 e. The molecule has 21 heavy (non-hydrogen) atoms. The molecule has 108 valence electrons. The van der Waals surface area contributed by atoms with Crippen LogP contribution in [-0.2, 0) is 10.0 Å². The Morgan fingerprint density at radius 1 is 1.19 bits per heavy atom. The predicted molar refractivity (Wildman–Crippen MR) is 79.0 cm³/mol. The molecule has 1 aromatic carbocycles. The highest BCUT2D eigenvalue weighted by Gasteiger charge is 2.17. The molecule has 0 aliphatic heterocycles. The lowest BCUT2D eigenvalue weighted by molar-refractivity contribution is 0.601. The van der Waals surface area contributed by atoms with Crippen LogP contribution in [0.5, 0.6) is 0 Å². The Hall–Kier alpha value is -1.90. The number of aromatic amines is 1. The van der Waals surface area contributed by atoms with Crippen molar-refractivity contribution in [2.75, 3.05) is 4.72 Å². The first-order valence-corrected chi connectivity index (χ1v) is 7.84. The molecule has 0 radical (unpaired) electrons. The number of aromatic nitrogens is 4. The summed E-state index contributed by atoms with van der Waals surface area (Å²) in [5.41, 5.74) is 0.696. The molecule has 0 spiro atoms. The van der Waals surface area contributed by atoms with E-state index in [0.29, 0.717) is 10.5 Å². The normalized spacial score (nSPS) is 11.7. The second kappa shape index (κ2) is 5.14. The van der Waals surface area contributed by atoms with E-state index in [0.717, 1.165) is 0 Å². The van der Waals surface area contributed by atoms with Crippen LogP contribution in [0.3, 0.4) is 0 Å². The molecule has 0 fully saturated rings. The number of halogens is 2. The Morgan fingerprint density at radius 3 is 2.76 bits per heavy atom. The third-order valence-corrected chi connectivity index (χ3v) is 4.41. The van der Waals surface area contributed by atoms with Gasteiger partial charge in [-0.1, -0.05) is 29.3 Å². The lowest BCUT2D eigenvalue weighted by atomic mass is 10.4. The van der Waals surface area contributed by atoms with Gasteiger partial charge in [0.1, 0.15) is 5.52 Å². The maximum Gasteiger partial charge on any atom is 0.264 e. The molecule has 0 atom stereocenters. The highest BCUT2D eigenvalue weighted by Crippen LogP contribution is 2.21. The molecule has 0 saturated heterocycles. The van der Waals surface area contributed by atoms with Crippen LogP contribution in [0.2, 0.25) is 10.2 Å². The average molecular weight is 344 g/mol. The Morgan fingerprint density at radius 2 is 2.00 bits per heavy atom. The van der Waals surface area contributed by atoms with E-state index in [4.69, 9.17) is 23.2 Å². The number of nitrogens with one attached hydrogen (secondary N) is 2. The van der Waals surface area contributed by atoms with Crippen molar-refractivity contribution in [3.63, 3.8) is 0 Å². The van der Waals surface area contributed by atoms with Gasteiger partial charge in [0.05, 0.1) is 11.2 Å². The van der Waals surface area contributed by atoms with Gasteiger partial charge in [-0.2, -0.15) is 9.97 Å². The van der Waals surface area contributed by atoms with Crippen molar-refractivity contribution >= 4 is 50.3 Å². The van der Waals surface area contributed by atoms with E-state index in [1.165, 1.54) is 24.5 Å². The van der Waals surface area contributed by atoms with E-state index in [2.05, 4.69) is 24.7 Å². The predicted octanol–water partition coefficient (Wildman–Crippen LogP) is 2.46. The van der Waals surface area contributed by atoms with Crippen molar-refractivity contribution in [2.45, 2.75) is 4.90 Å². The van der Waals surface area contributed by atoms with Crippen molar-refractivity contribution < 1.29 is 8.42 Å². The minimum Gasteiger partial charge on any atom is -0.341 e. The number of hydrogen-bond acceptors (Lipinski definition) is 5. The zero-order chi connectivity index (χ0) is 15.0. The van der Waals surface area contributed by atoms with Crippen molar-refractivity contribution in [1.82, 2.24) is 19.9 Å². The van der Waals surface area contributed by atoms with Crippen LogP contribution in [0, 0.1) is 0 Å². The summed E-state index contributed by atoms with van der Waals surface area (Å²) in [7, 11) is -3.86. The highest BCUT2D eigenvalue weighted by atomic mass is 35.5. The van der Waals surface area contributed by atoms with Crippen LogP contribution in [0.25, 0.3) is 11.2 Å². The minimum atomic E-state index is -3.86. The molecule has 0 unspecified atom stereocenters. The van der Waals surface area contributed by atoms with Crippen molar-refractivity contribution in [3.05, 3.63) is 40.8 Å². The molecule has 7 nitrogen and oxygen atoms in total. The molecule has 0 aliphatic carbocycles. The minimum absolute atomic E-state index is 0.00292. The van der Waals surface area contributed by atoms with Crippen LogP contribution in [-0.4, -0.2) is 28.4 Å². The fourth-order valence-electron chi connectivity index (χ4n) is 1.66. The van der Waals surface area contributed by atoms with Crippen LogP contribution in [0.4, 0.5) is 5.95 Å². The number of anilines is 1. The molecule has 3 rings (SSSR count). The molecule has 0 saturated carbocycles. The summed E-state index contributed by atoms with van der Waals surface area (Å²) in [4.78, 5) is 14.5. The van der Waals surface area contributed by atoms with Gasteiger partial charge in [-0.3, -0.25) is 0 Å². The molecular weight excluding hydrogens is 337 g/mol. The van der Waals surface area contributed by atoms with E-state index in [1.807, 2.05) is 0 Å². The van der Waals surface area contributed by atoms with E-state index < -0.39 is 10.0 Å². The van der Waals surface area contributed by atoms with Crippen molar-refractivity contribution in [3.8, 4) is 0 Å². The summed E-state index contributed by atoms with van der Waals surface area (Å²) >= 11 is 11.7. The topological polar surface area (TPSA) is 101 Å². The lowest BCUT2D eigenvalue weighted by Gasteiger charge is -2.07. The van der Waals surface area contributed by atoms with Crippen LogP contribution in [0.15, 0.2) is 35.5 Å². The van der Waals surface area contributed by atoms with E-state index >= 15 is 0 Å². The molecule has 2 N–H and O–H groups in total. The molecule has 0 aliphatic rings. The van der Waals surface area contributed by atoms with Gasteiger partial charge < -0.3 is 4.98 Å². The van der Waals surface area contributed by atoms with Gasteiger partial charge in [-0.15, -0.1) is 0 Å². The second-order valence-corrected chi connectivity index (χ2v) is 6.48. The number of rotatable bonds is 3. The van der Waals surface area contributed by atoms with Gasteiger partial charge in [0.2, 0.25) is 5.95 Å². The molecule has 3 aromatic rings. The van der Waals surface area contributed by atoms with Gasteiger partial charge >= 0.3 is 0 Å². The molecular formula is C11H7Cl2N5O2S. The van der Waals surface area contributed by atoms with Gasteiger partial charge in [0.15, 0.2) is 10.8 Å². The van der Waals surface area contributed by atoms with Gasteiger partial charge in [-0.05, 0) is 18.2 Å². The third kappa shape index (κ3) is 2.78. The van der Waals surface area contributed by atoms with E-state index in [1.54, 1.807) is 6.07 Å². The van der Waals surface area contributed by atoms with Crippen molar-refractivity contribution in [1.29, 1.82) is 0 Å². The van der Waals surface area contributed by atoms with Crippen molar-refractivity contribution in [2.24, 2.45) is 0 Å². The number of benzene rings is 1. The SMILES string of the molecule is O=S(=O)(Nc1nc(Cl)c2[nH]cnc2n1)c1cccc(Cl)c1. The Kier molecular flexibility index (Phi) is 3.44. The number of nitrogens with zero attached hydrogens (tertiary/aromatic N) is 3. The summed E-state index contributed by atoms with van der Waals surface area (Å²) in [5, 5.41) is 0.376. The van der Waals surface area contributed by atoms with E-state index in [9.17, 15) is 8.42 Å². The van der Waals surface area contributed by atoms with Crippen LogP contribution >= 0.6 is 23.2 Å². The molecule has 2 aromatic heterocycles. The molecule has 2 heterocycles. The standard InChI is InChI=1S/C11H7Cl2N5O2S/c12-6-2-1-3-7(4-6)21(19,20)18-11-16-9(13)8-10(17-11)15-5-14-8/h1-5H,(H2,14,15,16,17,18). The van der Waals surface area contributed by atoms with Gasteiger partial charge in [0.25, 0.3) is 10.0 Å². The summed E-state index contributed by atoms with van der Waals surface area (Å²) in [6.07, 6.45) is 1.39. The summed E-state index contributed by atoms with van der Waals surface area (Å²) < 4.78 is 26.7. The first-order chi connectivity index (χ1) is 9.95. The Labute approximate surface area is 129 Å². The summed E-state index contributed by atoms with van der Waals surface area (Å²) in [6.45, 7) is 0. The number of H-pyrrole nitrogens is 1. The monoisotopic (exact) mass is 343 g/mol. The maximum atomic E-state index is 12.2. The van der Waals surface area contributed by atoms with E-state index in [-0.39, 0.29) is 21.6 Å². The quantitative estimate of drug-likeness (QED) is 0.711. The lowest BCUT2D eigenvalue weighted by Crippen LogP contribution is -2.15. The number of imidazole rings is 1. The first-order valence-electron chi connectivity index (χ1n) is 5.61. The molecule has 0 bridgehead atoms. The Bertz CT molecular complexity index is 925. The third-order valence-electron chi connectivity index (χ3n) is 2.57. The van der Waals surface area contributed by atoms with Crippen LogP contribution in [0.1, 0.15) is 0 Å². The summed E-state index contributed by atoms with van der Waals surface area (Å²) in [5.74, 6) is -0.167. The zero-order valence-electron chi connectivity index (χ0n) is 10.2. The zero-order valence-corrected chi connectivity index (χ0v) is 12.5.